The van der Waals surface area contributed by atoms with Crippen molar-refractivity contribution >= 4 is 33.5 Å². The molecule has 1 aromatic carbocycles. The highest BCUT2D eigenvalue weighted by Crippen LogP contribution is 2.39. The third-order valence-electron chi connectivity index (χ3n) is 4.96. The Kier molecular flexibility index (Phi) is 5.89. The first-order valence-electron chi connectivity index (χ1n) is 9.73. The number of hydrogen-bond donors (Lipinski definition) is 3. The van der Waals surface area contributed by atoms with Crippen LogP contribution >= 0.6 is 15.9 Å². The number of carbonyl (C=O) groups is 1. The van der Waals surface area contributed by atoms with Crippen molar-refractivity contribution < 1.29 is 4.79 Å². The lowest BCUT2D eigenvalue weighted by Crippen LogP contribution is -2.17. The van der Waals surface area contributed by atoms with Gasteiger partial charge >= 0.3 is 0 Å². The first-order valence-corrected chi connectivity index (χ1v) is 10.5. The minimum absolute atomic E-state index is 0.0542. The molecule has 3 N–H and O–H groups in total. The number of aromatic amines is 1. The van der Waals surface area contributed by atoms with Crippen molar-refractivity contribution in [2.24, 2.45) is 0 Å². The zero-order valence-corrected chi connectivity index (χ0v) is 17.8. The normalized spacial score (nSPS) is 13.3. The van der Waals surface area contributed by atoms with Crippen molar-refractivity contribution in [2.45, 2.75) is 38.0 Å². The van der Waals surface area contributed by atoms with Gasteiger partial charge in [0.2, 0.25) is 5.91 Å². The smallest absolute Gasteiger partial charge is 0.220 e. The highest BCUT2D eigenvalue weighted by Gasteiger charge is 2.25. The minimum atomic E-state index is 0.0542. The monoisotopic (exact) mass is 454 g/mol. The Morgan fingerprint density at radius 2 is 2.00 bits per heavy atom. The van der Waals surface area contributed by atoms with Crippen LogP contribution in [0.2, 0.25) is 0 Å². The van der Waals surface area contributed by atoms with Gasteiger partial charge in [-0.3, -0.25) is 9.89 Å². The number of nitrogens with zero attached hydrogens (tertiary/aromatic N) is 3. The molecular weight excluding hydrogens is 432 g/mol. The zero-order valence-electron chi connectivity index (χ0n) is 16.2. The molecule has 1 saturated carbocycles. The van der Waals surface area contributed by atoms with Crippen LogP contribution in [0.3, 0.4) is 0 Å². The summed E-state index contributed by atoms with van der Waals surface area (Å²) < 4.78 is 0.793. The Bertz CT molecular complexity index is 997. The summed E-state index contributed by atoms with van der Waals surface area (Å²) in [5.74, 6) is 2.87. The van der Waals surface area contributed by atoms with Crippen LogP contribution in [0.15, 0.2) is 41.0 Å². The molecule has 0 radical (unpaired) electrons. The summed E-state index contributed by atoms with van der Waals surface area (Å²) >= 11 is 3.51. The molecule has 1 amide bonds. The van der Waals surface area contributed by atoms with Gasteiger partial charge in [0, 0.05) is 43.8 Å². The highest BCUT2D eigenvalue weighted by atomic mass is 79.9. The fourth-order valence-corrected chi connectivity index (χ4v) is 3.38. The predicted molar refractivity (Wildman–Crippen MR) is 115 cm³/mol. The van der Waals surface area contributed by atoms with E-state index in [1.165, 1.54) is 18.5 Å². The highest BCUT2D eigenvalue weighted by molar-refractivity contribution is 9.10. The second-order valence-electron chi connectivity index (χ2n) is 7.26. The largest absolute Gasteiger partial charge is 0.359 e. The maximum absolute atomic E-state index is 11.4. The topological polar surface area (TPSA) is 95.6 Å². The number of halogens is 1. The summed E-state index contributed by atoms with van der Waals surface area (Å²) in [6, 6.07) is 10.3. The van der Waals surface area contributed by atoms with Crippen LogP contribution in [0.1, 0.15) is 47.8 Å². The second kappa shape index (κ2) is 8.73. The standard InChI is InChI=1S/C21H23BrN6O/c1-23-20(29)9-6-13-2-4-14(5-3-13)10-18-24-12-16(22)21(25-18)26-19-11-17(27-28-19)15-7-8-15/h2-5,11-12,15H,6-10H2,1H3,(H,23,29)(H2,24,25,26,27,28). The maximum atomic E-state index is 11.4. The first kappa shape index (κ1) is 19.6. The van der Waals surface area contributed by atoms with E-state index >= 15 is 0 Å². The van der Waals surface area contributed by atoms with Crippen molar-refractivity contribution in [1.82, 2.24) is 25.5 Å². The number of benzene rings is 1. The van der Waals surface area contributed by atoms with Gasteiger partial charge in [-0.05, 0) is 46.3 Å². The lowest BCUT2D eigenvalue weighted by atomic mass is 10.1. The Balaban J connectivity index is 1.40. The van der Waals surface area contributed by atoms with E-state index in [4.69, 9.17) is 0 Å². The van der Waals surface area contributed by atoms with Crippen LogP contribution in [0.25, 0.3) is 0 Å². The van der Waals surface area contributed by atoms with Crippen molar-refractivity contribution in [1.29, 1.82) is 0 Å². The van der Waals surface area contributed by atoms with Crippen LogP contribution in [0.5, 0.6) is 0 Å². The molecule has 3 aromatic rings. The number of amides is 1. The Morgan fingerprint density at radius 1 is 1.24 bits per heavy atom. The van der Waals surface area contributed by atoms with Crippen LogP contribution in [-0.4, -0.2) is 33.1 Å². The molecule has 1 aliphatic carbocycles. The molecule has 0 bridgehead atoms. The predicted octanol–water partition coefficient (Wildman–Crippen LogP) is 3.85. The molecule has 0 aliphatic heterocycles. The maximum Gasteiger partial charge on any atom is 0.220 e. The second-order valence-corrected chi connectivity index (χ2v) is 8.11. The summed E-state index contributed by atoms with van der Waals surface area (Å²) in [7, 11) is 1.66. The number of nitrogens with one attached hydrogen (secondary N) is 3. The SMILES string of the molecule is CNC(=O)CCc1ccc(Cc2ncc(Br)c(Nc3cc(C4CC4)[nH]n3)n2)cc1. The van der Waals surface area contributed by atoms with E-state index in [2.05, 4.69) is 71.0 Å². The molecule has 2 heterocycles. The van der Waals surface area contributed by atoms with Gasteiger partial charge in [0.15, 0.2) is 5.82 Å². The van der Waals surface area contributed by atoms with E-state index in [0.29, 0.717) is 24.6 Å². The molecule has 1 fully saturated rings. The van der Waals surface area contributed by atoms with Gasteiger partial charge in [0.1, 0.15) is 11.6 Å². The van der Waals surface area contributed by atoms with E-state index in [1.54, 1.807) is 13.2 Å². The average molecular weight is 455 g/mol. The summed E-state index contributed by atoms with van der Waals surface area (Å²) in [6.45, 7) is 0. The number of anilines is 2. The first-order chi connectivity index (χ1) is 14.1. The fraction of sp³-hybridized carbons (Fsp3) is 0.333. The van der Waals surface area contributed by atoms with Crippen LogP contribution < -0.4 is 10.6 Å². The van der Waals surface area contributed by atoms with E-state index < -0.39 is 0 Å². The number of carbonyl (C=O) groups excluding carboxylic acids is 1. The number of H-pyrrole nitrogens is 1. The minimum Gasteiger partial charge on any atom is -0.359 e. The quantitative estimate of drug-likeness (QED) is 0.480. The van der Waals surface area contributed by atoms with Gasteiger partial charge in [-0.15, -0.1) is 0 Å². The van der Waals surface area contributed by atoms with Gasteiger partial charge in [0.05, 0.1) is 4.47 Å². The van der Waals surface area contributed by atoms with Crippen molar-refractivity contribution in [3.05, 3.63) is 63.6 Å². The molecule has 8 heteroatoms. The lowest BCUT2D eigenvalue weighted by Gasteiger charge is -2.08. The van der Waals surface area contributed by atoms with Gasteiger partial charge < -0.3 is 10.6 Å². The number of aromatic nitrogens is 4. The Hall–Kier alpha value is -2.74. The molecule has 0 atom stereocenters. The van der Waals surface area contributed by atoms with Crippen molar-refractivity contribution in [3.63, 3.8) is 0 Å². The molecule has 4 rings (SSSR count). The third-order valence-corrected chi connectivity index (χ3v) is 5.54. The molecular formula is C21H23BrN6O. The van der Waals surface area contributed by atoms with E-state index in [9.17, 15) is 4.79 Å². The molecule has 150 valence electrons. The summed E-state index contributed by atoms with van der Waals surface area (Å²) in [6.07, 6.45) is 6.08. The molecule has 0 spiro atoms. The van der Waals surface area contributed by atoms with E-state index in [-0.39, 0.29) is 5.91 Å². The van der Waals surface area contributed by atoms with Crippen LogP contribution in [-0.2, 0) is 17.6 Å². The molecule has 29 heavy (non-hydrogen) atoms. The van der Waals surface area contributed by atoms with E-state index in [1.807, 2.05) is 6.07 Å². The molecule has 7 nitrogen and oxygen atoms in total. The van der Waals surface area contributed by atoms with Crippen molar-refractivity contribution in [2.75, 3.05) is 12.4 Å². The van der Waals surface area contributed by atoms with Crippen molar-refractivity contribution in [3.8, 4) is 0 Å². The Labute approximate surface area is 177 Å². The lowest BCUT2D eigenvalue weighted by molar-refractivity contribution is -0.120. The summed E-state index contributed by atoms with van der Waals surface area (Å²) in [5.41, 5.74) is 3.44. The van der Waals surface area contributed by atoms with Gasteiger partial charge in [-0.2, -0.15) is 5.10 Å². The fourth-order valence-electron chi connectivity index (χ4n) is 3.09. The third kappa shape index (κ3) is 5.20. The van der Waals surface area contributed by atoms with Gasteiger partial charge in [-0.1, -0.05) is 24.3 Å². The average Bonchev–Trinajstić information content (AvgIpc) is 3.48. The van der Waals surface area contributed by atoms with Crippen LogP contribution in [0, 0.1) is 0 Å². The zero-order chi connectivity index (χ0) is 20.2. The summed E-state index contributed by atoms with van der Waals surface area (Å²) in [4.78, 5) is 20.5. The number of aryl methyl sites for hydroxylation is 1. The van der Waals surface area contributed by atoms with Gasteiger partial charge in [0.25, 0.3) is 0 Å². The number of hydrogen-bond acceptors (Lipinski definition) is 5. The molecule has 0 unspecified atom stereocenters. The summed E-state index contributed by atoms with van der Waals surface area (Å²) in [5, 5.41) is 13.3. The molecule has 1 aliphatic rings. The van der Waals surface area contributed by atoms with E-state index in [0.717, 1.165) is 33.7 Å². The Morgan fingerprint density at radius 3 is 2.72 bits per heavy atom. The van der Waals surface area contributed by atoms with Gasteiger partial charge in [-0.25, -0.2) is 9.97 Å². The molecule has 2 aromatic heterocycles. The molecule has 0 saturated heterocycles. The van der Waals surface area contributed by atoms with Crippen LogP contribution in [0.4, 0.5) is 11.6 Å². The number of rotatable bonds is 8.